The van der Waals surface area contributed by atoms with Crippen LogP contribution in [-0.4, -0.2) is 37.1 Å². The van der Waals surface area contributed by atoms with Crippen molar-refractivity contribution < 1.29 is 9.53 Å². The van der Waals surface area contributed by atoms with E-state index in [0.717, 1.165) is 49.7 Å². The van der Waals surface area contributed by atoms with Crippen LogP contribution in [0.2, 0.25) is 0 Å². The van der Waals surface area contributed by atoms with Crippen LogP contribution in [0.25, 0.3) is 0 Å². The number of amides is 1. The first-order valence-electron chi connectivity index (χ1n) is 9.55. The first-order valence-corrected chi connectivity index (χ1v) is 9.55. The van der Waals surface area contributed by atoms with Crippen molar-refractivity contribution in [3.05, 3.63) is 65.2 Å². The van der Waals surface area contributed by atoms with Gasteiger partial charge in [0.15, 0.2) is 0 Å². The van der Waals surface area contributed by atoms with Gasteiger partial charge in [-0.25, -0.2) is 0 Å². The average molecular weight is 367 g/mol. The third-order valence-corrected chi connectivity index (χ3v) is 5.21. The lowest BCUT2D eigenvalue weighted by atomic mass is 9.94. The number of anilines is 1. The summed E-state index contributed by atoms with van der Waals surface area (Å²) in [6.07, 6.45) is 0. The van der Waals surface area contributed by atoms with Gasteiger partial charge in [-0.1, -0.05) is 49.4 Å². The van der Waals surface area contributed by atoms with Gasteiger partial charge in [-0.2, -0.15) is 0 Å². The Bertz CT molecular complexity index is 757. The quantitative estimate of drug-likeness (QED) is 0.823. The molecule has 0 radical (unpaired) electrons. The number of nitrogens with zero attached hydrogens (tertiary/aromatic N) is 1. The molecular formula is C22H29N3O2. The number of ether oxygens (including phenoxy) is 1. The molecule has 2 unspecified atom stereocenters. The number of nitrogens with one attached hydrogen (secondary N) is 1. The van der Waals surface area contributed by atoms with Gasteiger partial charge in [-0.05, 0) is 29.7 Å². The number of hydrogen-bond acceptors (Lipinski definition) is 4. The molecule has 3 N–H and O–H groups in total. The van der Waals surface area contributed by atoms with Crippen molar-refractivity contribution in [1.82, 2.24) is 4.90 Å². The van der Waals surface area contributed by atoms with Gasteiger partial charge in [-0.15, -0.1) is 0 Å². The number of nitrogens with two attached hydrogens (primary N) is 1. The summed E-state index contributed by atoms with van der Waals surface area (Å²) in [4.78, 5) is 15.1. The molecule has 1 saturated heterocycles. The fourth-order valence-corrected chi connectivity index (χ4v) is 3.29. The van der Waals surface area contributed by atoms with Crippen molar-refractivity contribution in [2.24, 2.45) is 11.7 Å². The van der Waals surface area contributed by atoms with Crippen molar-refractivity contribution in [2.75, 3.05) is 31.6 Å². The zero-order valence-electron chi connectivity index (χ0n) is 16.2. The molecule has 2 atom stereocenters. The minimum atomic E-state index is -0.331. The molecule has 1 aliphatic heterocycles. The molecule has 0 aliphatic carbocycles. The smallest absolute Gasteiger partial charge is 0.229 e. The van der Waals surface area contributed by atoms with E-state index in [0.29, 0.717) is 0 Å². The Morgan fingerprint density at radius 3 is 2.59 bits per heavy atom. The SMILES string of the molecule is Cc1ccc(CN2CCOCC2)cc1NC(=O)C(C)C(N)c1ccccc1. The van der Waals surface area contributed by atoms with Crippen LogP contribution in [0.3, 0.4) is 0 Å². The van der Waals surface area contributed by atoms with Crippen LogP contribution in [0.1, 0.15) is 29.7 Å². The average Bonchev–Trinajstić information content (AvgIpc) is 2.70. The number of benzene rings is 2. The largest absolute Gasteiger partial charge is 0.379 e. The summed E-state index contributed by atoms with van der Waals surface area (Å²) >= 11 is 0. The second kappa shape index (κ2) is 9.13. The van der Waals surface area contributed by atoms with Crippen molar-refractivity contribution in [1.29, 1.82) is 0 Å². The Balaban J connectivity index is 1.66. The Hall–Kier alpha value is -2.21. The molecule has 27 heavy (non-hydrogen) atoms. The third kappa shape index (κ3) is 5.16. The second-order valence-electron chi connectivity index (χ2n) is 7.25. The molecular weight excluding hydrogens is 338 g/mol. The van der Waals surface area contributed by atoms with E-state index in [1.165, 1.54) is 5.56 Å². The number of rotatable bonds is 6. The zero-order chi connectivity index (χ0) is 19.2. The molecule has 5 heteroatoms. The van der Waals surface area contributed by atoms with Crippen LogP contribution < -0.4 is 11.1 Å². The summed E-state index contributed by atoms with van der Waals surface area (Å²) in [5, 5.41) is 3.08. The van der Waals surface area contributed by atoms with E-state index >= 15 is 0 Å². The minimum absolute atomic E-state index is 0.0574. The Morgan fingerprint density at radius 1 is 1.19 bits per heavy atom. The van der Waals surface area contributed by atoms with E-state index in [1.54, 1.807) is 0 Å². The molecule has 1 amide bonds. The molecule has 0 aromatic heterocycles. The van der Waals surface area contributed by atoms with Gasteiger partial charge in [0.2, 0.25) is 5.91 Å². The third-order valence-electron chi connectivity index (χ3n) is 5.21. The van der Waals surface area contributed by atoms with Crippen molar-refractivity contribution in [2.45, 2.75) is 26.4 Å². The van der Waals surface area contributed by atoms with Crippen LogP contribution in [0.4, 0.5) is 5.69 Å². The van der Waals surface area contributed by atoms with Gasteiger partial charge in [0.1, 0.15) is 0 Å². The predicted molar refractivity (Wildman–Crippen MR) is 108 cm³/mol. The van der Waals surface area contributed by atoms with Crippen LogP contribution in [-0.2, 0) is 16.1 Å². The van der Waals surface area contributed by atoms with Crippen molar-refractivity contribution >= 4 is 11.6 Å². The van der Waals surface area contributed by atoms with Crippen molar-refractivity contribution in [3.63, 3.8) is 0 Å². The van der Waals surface area contributed by atoms with E-state index in [9.17, 15) is 4.79 Å². The molecule has 1 aliphatic rings. The van der Waals surface area contributed by atoms with Crippen molar-refractivity contribution in [3.8, 4) is 0 Å². The number of carbonyl (C=O) groups excluding carboxylic acids is 1. The van der Waals surface area contributed by atoms with Crippen LogP contribution in [0.15, 0.2) is 48.5 Å². The van der Waals surface area contributed by atoms with E-state index in [1.807, 2.05) is 44.2 Å². The molecule has 0 saturated carbocycles. The fourth-order valence-electron chi connectivity index (χ4n) is 3.29. The highest BCUT2D eigenvalue weighted by Gasteiger charge is 2.22. The highest BCUT2D eigenvalue weighted by atomic mass is 16.5. The van der Waals surface area contributed by atoms with Gasteiger partial charge in [0, 0.05) is 31.4 Å². The molecule has 2 aromatic rings. The molecule has 2 aromatic carbocycles. The first kappa shape index (κ1) is 19.5. The summed E-state index contributed by atoms with van der Waals surface area (Å²) in [6, 6.07) is 15.7. The van der Waals surface area contributed by atoms with Gasteiger partial charge in [-0.3, -0.25) is 9.69 Å². The molecule has 5 nitrogen and oxygen atoms in total. The lowest BCUT2D eigenvalue weighted by Crippen LogP contribution is -2.35. The van der Waals surface area contributed by atoms with E-state index in [2.05, 4.69) is 28.4 Å². The van der Waals surface area contributed by atoms with E-state index < -0.39 is 0 Å². The highest BCUT2D eigenvalue weighted by molar-refractivity contribution is 5.93. The Morgan fingerprint density at radius 2 is 1.89 bits per heavy atom. The maximum Gasteiger partial charge on any atom is 0.229 e. The minimum Gasteiger partial charge on any atom is -0.379 e. The molecule has 1 heterocycles. The lowest BCUT2D eigenvalue weighted by molar-refractivity contribution is -0.120. The fraction of sp³-hybridized carbons (Fsp3) is 0.409. The summed E-state index contributed by atoms with van der Waals surface area (Å²) in [6.45, 7) is 8.20. The maximum atomic E-state index is 12.8. The molecule has 1 fully saturated rings. The predicted octanol–water partition coefficient (Wildman–Crippen LogP) is 3.10. The van der Waals surface area contributed by atoms with Crippen LogP contribution >= 0.6 is 0 Å². The van der Waals surface area contributed by atoms with E-state index in [-0.39, 0.29) is 17.9 Å². The number of morpholine rings is 1. The van der Waals surface area contributed by atoms with Crippen LogP contribution in [0.5, 0.6) is 0 Å². The maximum absolute atomic E-state index is 12.8. The molecule has 3 rings (SSSR count). The highest BCUT2D eigenvalue weighted by Crippen LogP contribution is 2.23. The number of aryl methyl sites for hydroxylation is 1. The zero-order valence-corrected chi connectivity index (χ0v) is 16.2. The lowest BCUT2D eigenvalue weighted by Gasteiger charge is -2.27. The second-order valence-corrected chi connectivity index (χ2v) is 7.25. The topological polar surface area (TPSA) is 67.6 Å². The Kier molecular flexibility index (Phi) is 6.61. The van der Waals surface area contributed by atoms with E-state index in [4.69, 9.17) is 10.5 Å². The number of carbonyl (C=O) groups is 1. The van der Waals surface area contributed by atoms with Gasteiger partial charge < -0.3 is 15.8 Å². The summed E-state index contributed by atoms with van der Waals surface area (Å²) in [5.74, 6) is -0.382. The molecule has 144 valence electrons. The van der Waals surface area contributed by atoms with Gasteiger partial charge in [0.25, 0.3) is 0 Å². The normalized spacial score (nSPS) is 17.3. The van der Waals surface area contributed by atoms with Gasteiger partial charge in [0.05, 0.1) is 19.1 Å². The van der Waals surface area contributed by atoms with Crippen LogP contribution in [0, 0.1) is 12.8 Å². The van der Waals surface area contributed by atoms with Gasteiger partial charge >= 0.3 is 0 Å². The standard InChI is InChI=1S/C22H29N3O2/c1-16-8-9-18(15-25-10-12-27-13-11-25)14-20(16)24-22(26)17(2)21(23)19-6-4-3-5-7-19/h3-9,14,17,21H,10-13,15,23H2,1-2H3,(H,24,26). The summed E-state index contributed by atoms with van der Waals surface area (Å²) < 4.78 is 5.41. The summed E-state index contributed by atoms with van der Waals surface area (Å²) in [7, 11) is 0. The molecule has 0 bridgehead atoms. The molecule has 0 spiro atoms. The Labute approximate surface area is 161 Å². The first-order chi connectivity index (χ1) is 13.0. The summed E-state index contributed by atoms with van der Waals surface area (Å²) in [5.41, 5.74) is 10.4. The number of hydrogen-bond donors (Lipinski definition) is 2. The monoisotopic (exact) mass is 367 g/mol.